The van der Waals surface area contributed by atoms with Crippen LogP contribution in [0.15, 0.2) is 18.3 Å². The van der Waals surface area contributed by atoms with Crippen LogP contribution in [0.4, 0.5) is 19.0 Å². The smallest absolute Gasteiger partial charge is 0.357 e. The summed E-state index contributed by atoms with van der Waals surface area (Å²) in [5.74, 6) is 0.442. The quantitative estimate of drug-likeness (QED) is 0.864. The molecule has 2 aliphatic heterocycles. The van der Waals surface area contributed by atoms with Crippen LogP contribution < -0.4 is 10.2 Å². The number of pyridine rings is 1. The molecule has 20 heavy (non-hydrogen) atoms. The van der Waals surface area contributed by atoms with E-state index in [1.807, 2.05) is 4.90 Å². The van der Waals surface area contributed by atoms with Gasteiger partial charge in [0.15, 0.2) is 0 Å². The zero-order chi connectivity index (χ0) is 13.5. The molecule has 112 valence electrons. The molecule has 0 bridgehead atoms. The standard InChI is InChI=1S/C13H16F3N3.ClH/c14-13(15,16)10-1-4-18-11(7-10)19-5-2-12(3-6-19)8-17-9-12;/h1,4,7,17H,2-3,5-6,8-9H2;1H. The second-order valence-corrected chi connectivity index (χ2v) is 5.49. The van der Waals surface area contributed by atoms with Gasteiger partial charge in [-0.2, -0.15) is 13.2 Å². The van der Waals surface area contributed by atoms with Crippen molar-refractivity contribution in [1.29, 1.82) is 0 Å². The third-order valence-corrected chi connectivity index (χ3v) is 4.22. The van der Waals surface area contributed by atoms with E-state index in [4.69, 9.17) is 0 Å². The van der Waals surface area contributed by atoms with Crippen LogP contribution in [-0.2, 0) is 6.18 Å². The number of aromatic nitrogens is 1. The van der Waals surface area contributed by atoms with Crippen molar-refractivity contribution in [3.63, 3.8) is 0 Å². The number of rotatable bonds is 1. The zero-order valence-corrected chi connectivity index (χ0v) is 11.7. The average Bonchev–Trinajstić information content (AvgIpc) is 2.36. The molecule has 0 aliphatic carbocycles. The Balaban J connectivity index is 0.00000147. The molecule has 1 aromatic rings. The molecule has 1 spiro atoms. The number of hydrogen-bond acceptors (Lipinski definition) is 3. The second-order valence-electron chi connectivity index (χ2n) is 5.49. The maximum absolute atomic E-state index is 12.7. The second kappa shape index (κ2) is 5.41. The van der Waals surface area contributed by atoms with Gasteiger partial charge in [-0.15, -0.1) is 12.4 Å². The third kappa shape index (κ3) is 2.86. The molecule has 1 N–H and O–H groups in total. The molecule has 7 heteroatoms. The fourth-order valence-electron chi connectivity index (χ4n) is 2.81. The SMILES string of the molecule is Cl.FC(F)(F)c1ccnc(N2CCC3(CC2)CNC3)c1. The first-order valence-corrected chi connectivity index (χ1v) is 6.48. The molecule has 3 nitrogen and oxygen atoms in total. The van der Waals surface area contributed by atoms with Gasteiger partial charge in [-0.25, -0.2) is 4.98 Å². The third-order valence-electron chi connectivity index (χ3n) is 4.22. The van der Waals surface area contributed by atoms with Gasteiger partial charge in [0.1, 0.15) is 5.82 Å². The molecule has 2 saturated heterocycles. The predicted molar refractivity (Wildman–Crippen MR) is 73.2 cm³/mol. The minimum absolute atomic E-state index is 0. The Morgan fingerprint density at radius 2 is 1.85 bits per heavy atom. The van der Waals surface area contributed by atoms with Crippen molar-refractivity contribution < 1.29 is 13.2 Å². The van der Waals surface area contributed by atoms with Crippen LogP contribution >= 0.6 is 12.4 Å². The summed E-state index contributed by atoms with van der Waals surface area (Å²) >= 11 is 0. The molecule has 0 unspecified atom stereocenters. The van der Waals surface area contributed by atoms with Crippen LogP contribution in [0, 0.1) is 5.41 Å². The fraction of sp³-hybridized carbons (Fsp3) is 0.615. The Kier molecular flexibility index (Phi) is 4.16. The number of nitrogens with one attached hydrogen (secondary N) is 1. The molecular formula is C13H17ClF3N3. The van der Waals surface area contributed by atoms with E-state index in [2.05, 4.69) is 10.3 Å². The zero-order valence-electron chi connectivity index (χ0n) is 10.9. The maximum atomic E-state index is 12.7. The number of nitrogens with zero attached hydrogens (tertiary/aromatic N) is 2. The van der Waals surface area contributed by atoms with Gasteiger partial charge in [-0.3, -0.25) is 0 Å². The molecule has 2 fully saturated rings. The van der Waals surface area contributed by atoms with Crippen molar-refractivity contribution in [1.82, 2.24) is 10.3 Å². The van der Waals surface area contributed by atoms with Crippen LogP contribution in [0.1, 0.15) is 18.4 Å². The van der Waals surface area contributed by atoms with Gasteiger partial charge in [0.25, 0.3) is 0 Å². The topological polar surface area (TPSA) is 28.2 Å². The highest BCUT2D eigenvalue weighted by Gasteiger charge is 2.40. The van der Waals surface area contributed by atoms with Crippen LogP contribution in [-0.4, -0.2) is 31.2 Å². The Labute approximate surface area is 122 Å². The molecule has 3 rings (SSSR count). The summed E-state index contributed by atoms with van der Waals surface area (Å²) in [4.78, 5) is 6.04. The Hall–Kier alpha value is -1.01. The lowest BCUT2D eigenvalue weighted by Crippen LogP contribution is -2.58. The molecule has 1 aromatic heterocycles. The Morgan fingerprint density at radius 1 is 1.20 bits per heavy atom. The van der Waals surface area contributed by atoms with Crippen molar-refractivity contribution in [3.8, 4) is 0 Å². The molecular weight excluding hydrogens is 291 g/mol. The molecule has 2 aliphatic rings. The van der Waals surface area contributed by atoms with Crippen molar-refractivity contribution in [2.45, 2.75) is 19.0 Å². The lowest BCUT2D eigenvalue weighted by atomic mass is 9.73. The Bertz CT molecular complexity index is 464. The van der Waals surface area contributed by atoms with Gasteiger partial charge in [-0.05, 0) is 30.4 Å². The van der Waals surface area contributed by atoms with Crippen LogP contribution in [0.5, 0.6) is 0 Å². The Morgan fingerprint density at radius 3 is 2.35 bits per heavy atom. The van der Waals surface area contributed by atoms with E-state index in [9.17, 15) is 13.2 Å². The largest absolute Gasteiger partial charge is 0.416 e. The van der Waals surface area contributed by atoms with Crippen LogP contribution in [0.3, 0.4) is 0 Å². The first-order chi connectivity index (χ1) is 8.99. The lowest BCUT2D eigenvalue weighted by molar-refractivity contribution is -0.137. The van der Waals surface area contributed by atoms with E-state index in [0.717, 1.165) is 51.2 Å². The van der Waals surface area contributed by atoms with Gasteiger partial charge in [0.2, 0.25) is 0 Å². The maximum Gasteiger partial charge on any atom is 0.416 e. The minimum Gasteiger partial charge on any atom is -0.357 e. The number of piperidine rings is 1. The van der Waals surface area contributed by atoms with Crippen LogP contribution in [0.2, 0.25) is 0 Å². The summed E-state index contributed by atoms with van der Waals surface area (Å²) in [6.45, 7) is 3.65. The van der Waals surface area contributed by atoms with Gasteiger partial charge in [0, 0.05) is 32.4 Å². The van der Waals surface area contributed by atoms with Crippen molar-refractivity contribution in [3.05, 3.63) is 23.9 Å². The van der Waals surface area contributed by atoms with E-state index in [-0.39, 0.29) is 12.4 Å². The van der Waals surface area contributed by atoms with E-state index in [1.165, 1.54) is 6.20 Å². The molecule has 0 amide bonds. The summed E-state index contributed by atoms with van der Waals surface area (Å²) in [7, 11) is 0. The summed E-state index contributed by atoms with van der Waals surface area (Å²) in [6, 6.07) is 2.17. The predicted octanol–water partition coefficient (Wildman–Crippen LogP) is 2.71. The summed E-state index contributed by atoms with van der Waals surface area (Å²) < 4.78 is 38.0. The van der Waals surface area contributed by atoms with E-state index in [0.29, 0.717) is 11.2 Å². The molecule has 0 saturated carbocycles. The minimum atomic E-state index is -4.30. The highest BCUT2D eigenvalue weighted by Crippen LogP contribution is 2.37. The van der Waals surface area contributed by atoms with Gasteiger partial charge in [0.05, 0.1) is 5.56 Å². The highest BCUT2D eigenvalue weighted by atomic mass is 35.5. The van der Waals surface area contributed by atoms with Gasteiger partial charge < -0.3 is 10.2 Å². The number of halogens is 4. The van der Waals surface area contributed by atoms with Crippen molar-refractivity contribution >= 4 is 18.2 Å². The molecule has 0 aromatic carbocycles. The molecule has 0 atom stereocenters. The molecule has 0 radical (unpaired) electrons. The van der Waals surface area contributed by atoms with Crippen molar-refractivity contribution in [2.75, 3.05) is 31.1 Å². The number of anilines is 1. The summed E-state index contributed by atoms with van der Waals surface area (Å²) in [6.07, 6.45) is -1.00. The first-order valence-electron chi connectivity index (χ1n) is 6.48. The average molecular weight is 308 g/mol. The number of alkyl halides is 3. The monoisotopic (exact) mass is 307 g/mol. The first kappa shape index (κ1) is 15.4. The van der Waals surface area contributed by atoms with E-state index in [1.54, 1.807) is 0 Å². The number of hydrogen-bond donors (Lipinski definition) is 1. The lowest BCUT2D eigenvalue weighted by Gasteiger charge is -2.48. The summed E-state index contributed by atoms with van der Waals surface area (Å²) in [5.41, 5.74) is -0.235. The normalized spacial score (nSPS) is 21.2. The van der Waals surface area contributed by atoms with Gasteiger partial charge >= 0.3 is 6.18 Å². The van der Waals surface area contributed by atoms with Crippen molar-refractivity contribution in [2.24, 2.45) is 5.41 Å². The summed E-state index contributed by atoms with van der Waals surface area (Å²) in [5, 5.41) is 3.27. The van der Waals surface area contributed by atoms with Gasteiger partial charge in [-0.1, -0.05) is 0 Å². The fourth-order valence-corrected chi connectivity index (χ4v) is 2.81. The van der Waals surface area contributed by atoms with Crippen LogP contribution in [0.25, 0.3) is 0 Å². The highest BCUT2D eigenvalue weighted by molar-refractivity contribution is 5.85. The van der Waals surface area contributed by atoms with E-state index >= 15 is 0 Å². The van der Waals surface area contributed by atoms with E-state index < -0.39 is 11.7 Å². The molecule has 3 heterocycles.